The average molecular weight is 243 g/mol. The summed E-state index contributed by atoms with van der Waals surface area (Å²) >= 11 is 2.19. The van der Waals surface area contributed by atoms with Crippen molar-refractivity contribution in [2.75, 3.05) is 24.6 Å². The van der Waals surface area contributed by atoms with E-state index in [1.165, 1.54) is 63.1 Å². The van der Waals surface area contributed by atoms with Gasteiger partial charge in [0, 0.05) is 0 Å². The molecule has 1 aliphatic rings. The molecule has 0 amide bonds. The average Bonchev–Trinajstić information content (AvgIpc) is 2.74. The Morgan fingerprint density at radius 3 is 2.62 bits per heavy atom. The minimum atomic E-state index is 0.789. The molecule has 1 N–H and O–H groups in total. The zero-order chi connectivity index (χ0) is 11.6. The molecule has 2 heteroatoms. The summed E-state index contributed by atoms with van der Waals surface area (Å²) in [5.41, 5.74) is 0. The maximum atomic E-state index is 3.51. The first-order valence-electron chi connectivity index (χ1n) is 7.07. The van der Waals surface area contributed by atoms with Crippen molar-refractivity contribution in [2.24, 2.45) is 11.8 Å². The fourth-order valence-corrected chi connectivity index (χ4v) is 3.51. The number of nitrogens with one attached hydrogen (secondary N) is 1. The summed E-state index contributed by atoms with van der Waals surface area (Å²) in [6.07, 6.45) is 8.73. The zero-order valence-corrected chi connectivity index (χ0v) is 12.0. The molecule has 0 saturated heterocycles. The monoisotopic (exact) mass is 243 g/mol. The highest BCUT2D eigenvalue weighted by molar-refractivity contribution is 7.99. The van der Waals surface area contributed by atoms with Crippen LogP contribution < -0.4 is 5.32 Å². The van der Waals surface area contributed by atoms with Gasteiger partial charge in [0.05, 0.1) is 0 Å². The van der Waals surface area contributed by atoms with E-state index in [9.17, 15) is 0 Å². The Balaban J connectivity index is 1.74. The van der Waals surface area contributed by atoms with Crippen molar-refractivity contribution in [1.29, 1.82) is 0 Å². The smallest absolute Gasteiger partial charge is 0.00258 e. The van der Waals surface area contributed by atoms with Crippen LogP contribution in [0.15, 0.2) is 0 Å². The van der Waals surface area contributed by atoms with Gasteiger partial charge in [-0.15, -0.1) is 0 Å². The van der Waals surface area contributed by atoms with Gasteiger partial charge in [-0.25, -0.2) is 0 Å². The molecule has 0 atom stereocenters. The van der Waals surface area contributed by atoms with E-state index in [4.69, 9.17) is 0 Å². The normalized spacial score (nSPS) is 17.4. The maximum Gasteiger partial charge on any atom is -0.00258 e. The van der Waals surface area contributed by atoms with Gasteiger partial charge < -0.3 is 5.32 Å². The lowest BCUT2D eigenvalue weighted by molar-refractivity contribution is 0.541. The molecular weight excluding hydrogens is 214 g/mol. The second-order valence-corrected chi connectivity index (χ2v) is 6.68. The molecule has 0 bridgehead atoms. The number of hydrogen-bond acceptors (Lipinski definition) is 2. The molecule has 0 aromatic carbocycles. The number of rotatable bonds is 9. The van der Waals surface area contributed by atoms with Gasteiger partial charge in [-0.05, 0) is 62.1 Å². The zero-order valence-electron chi connectivity index (χ0n) is 11.1. The van der Waals surface area contributed by atoms with E-state index in [1.807, 2.05) is 0 Å². The Morgan fingerprint density at radius 1 is 1.19 bits per heavy atom. The number of hydrogen-bond donors (Lipinski definition) is 1. The highest BCUT2D eigenvalue weighted by Gasteiger charge is 2.13. The maximum absolute atomic E-state index is 3.51. The third-order valence-electron chi connectivity index (χ3n) is 3.27. The molecule has 0 aromatic heterocycles. The largest absolute Gasteiger partial charge is 0.316 e. The van der Waals surface area contributed by atoms with E-state index in [-0.39, 0.29) is 0 Å². The van der Waals surface area contributed by atoms with E-state index in [0.29, 0.717) is 0 Å². The molecular formula is C14H29NS. The standard InChI is InChI=1S/C14H29NS/c1-13(2)11-15-9-5-6-10-16-12-14-7-3-4-8-14/h13-15H,3-12H2,1-2H3. The van der Waals surface area contributed by atoms with Gasteiger partial charge >= 0.3 is 0 Å². The van der Waals surface area contributed by atoms with Crippen LogP contribution in [0.4, 0.5) is 0 Å². The summed E-state index contributed by atoms with van der Waals surface area (Å²) in [6, 6.07) is 0. The van der Waals surface area contributed by atoms with Gasteiger partial charge in [-0.3, -0.25) is 0 Å². The van der Waals surface area contributed by atoms with Gasteiger partial charge in [-0.2, -0.15) is 11.8 Å². The SMILES string of the molecule is CC(C)CNCCCCSCC1CCCC1. The van der Waals surface area contributed by atoms with Crippen LogP contribution >= 0.6 is 11.8 Å². The molecule has 1 rings (SSSR count). The minimum absolute atomic E-state index is 0.789. The van der Waals surface area contributed by atoms with Gasteiger partial charge in [0.1, 0.15) is 0 Å². The molecule has 0 radical (unpaired) electrons. The molecule has 16 heavy (non-hydrogen) atoms. The van der Waals surface area contributed by atoms with E-state index < -0.39 is 0 Å². The number of thioether (sulfide) groups is 1. The van der Waals surface area contributed by atoms with Crippen molar-refractivity contribution in [3.8, 4) is 0 Å². The van der Waals surface area contributed by atoms with Crippen molar-refractivity contribution in [2.45, 2.75) is 52.4 Å². The van der Waals surface area contributed by atoms with Crippen LogP contribution in [0.2, 0.25) is 0 Å². The fraction of sp³-hybridized carbons (Fsp3) is 1.00. The molecule has 0 heterocycles. The summed E-state index contributed by atoms with van der Waals surface area (Å²) in [6.45, 7) is 6.92. The van der Waals surface area contributed by atoms with Crippen LogP contribution in [0.3, 0.4) is 0 Å². The molecule has 0 unspecified atom stereocenters. The molecule has 1 saturated carbocycles. The van der Waals surface area contributed by atoms with E-state index in [1.54, 1.807) is 0 Å². The van der Waals surface area contributed by atoms with Crippen LogP contribution in [-0.2, 0) is 0 Å². The van der Waals surface area contributed by atoms with Gasteiger partial charge in [0.15, 0.2) is 0 Å². The fourth-order valence-electron chi connectivity index (χ4n) is 2.27. The van der Waals surface area contributed by atoms with Gasteiger partial charge in [-0.1, -0.05) is 26.7 Å². The molecule has 0 aromatic rings. The Hall–Kier alpha value is 0.310. The van der Waals surface area contributed by atoms with E-state index in [2.05, 4.69) is 30.9 Å². The quantitative estimate of drug-likeness (QED) is 0.616. The van der Waals surface area contributed by atoms with E-state index in [0.717, 1.165) is 11.8 Å². The highest BCUT2D eigenvalue weighted by atomic mass is 32.2. The Bertz CT molecular complexity index is 153. The molecule has 1 nitrogen and oxygen atoms in total. The van der Waals surface area contributed by atoms with Crippen LogP contribution in [0.1, 0.15) is 52.4 Å². The summed E-state index contributed by atoms with van der Waals surface area (Å²) in [7, 11) is 0. The predicted octanol–water partition coefficient (Wildman–Crippen LogP) is 3.94. The first-order valence-corrected chi connectivity index (χ1v) is 8.23. The molecule has 0 aliphatic heterocycles. The van der Waals surface area contributed by atoms with Crippen LogP contribution in [0.5, 0.6) is 0 Å². The first-order chi connectivity index (χ1) is 7.79. The van der Waals surface area contributed by atoms with Crippen molar-refractivity contribution in [1.82, 2.24) is 5.32 Å². The van der Waals surface area contributed by atoms with Gasteiger partial charge in [0.2, 0.25) is 0 Å². The highest BCUT2D eigenvalue weighted by Crippen LogP contribution is 2.27. The van der Waals surface area contributed by atoms with Crippen molar-refractivity contribution < 1.29 is 0 Å². The lowest BCUT2D eigenvalue weighted by atomic mass is 10.1. The summed E-state index contributed by atoms with van der Waals surface area (Å²) < 4.78 is 0. The van der Waals surface area contributed by atoms with Crippen molar-refractivity contribution in [3.05, 3.63) is 0 Å². The van der Waals surface area contributed by atoms with E-state index >= 15 is 0 Å². The van der Waals surface area contributed by atoms with Crippen molar-refractivity contribution >= 4 is 11.8 Å². The van der Waals surface area contributed by atoms with Crippen LogP contribution in [0.25, 0.3) is 0 Å². The predicted molar refractivity (Wildman–Crippen MR) is 76.2 cm³/mol. The van der Waals surface area contributed by atoms with Crippen LogP contribution in [0, 0.1) is 11.8 Å². The second-order valence-electron chi connectivity index (χ2n) is 5.53. The Kier molecular flexibility index (Phi) is 8.40. The first kappa shape index (κ1) is 14.4. The Morgan fingerprint density at radius 2 is 1.94 bits per heavy atom. The minimum Gasteiger partial charge on any atom is -0.316 e. The molecule has 96 valence electrons. The number of unbranched alkanes of at least 4 members (excludes halogenated alkanes) is 1. The third-order valence-corrected chi connectivity index (χ3v) is 4.56. The Labute approximate surface area is 106 Å². The molecule has 0 spiro atoms. The van der Waals surface area contributed by atoms with Gasteiger partial charge in [0.25, 0.3) is 0 Å². The summed E-state index contributed by atoms with van der Waals surface area (Å²) in [5, 5.41) is 3.51. The molecule has 1 aliphatic carbocycles. The van der Waals surface area contributed by atoms with Crippen molar-refractivity contribution in [3.63, 3.8) is 0 Å². The van der Waals surface area contributed by atoms with Crippen LogP contribution in [-0.4, -0.2) is 24.6 Å². The third kappa shape index (κ3) is 7.56. The second kappa shape index (κ2) is 9.35. The lowest BCUT2D eigenvalue weighted by Gasteiger charge is -2.09. The topological polar surface area (TPSA) is 12.0 Å². The lowest BCUT2D eigenvalue weighted by Crippen LogP contribution is -2.20. The summed E-state index contributed by atoms with van der Waals surface area (Å²) in [4.78, 5) is 0. The summed E-state index contributed by atoms with van der Waals surface area (Å²) in [5.74, 6) is 4.65. The molecule has 1 fully saturated rings.